The normalized spacial score (nSPS) is 21.2. The Bertz CT molecular complexity index is 528. The molecule has 2 N–H and O–H groups in total. The molecule has 1 saturated heterocycles. The van der Waals surface area contributed by atoms with Crippen molar-refractivity contribution in [1.82, 2.24) is 19.6 Å². The first-order chi connectivity index (χ1) is 8.97. The summed E-state index contributed by atoms with van der Waals surface area (Å²) in [6.07, 6.45) is 3.86. The van der Waals surface area contributed by atoms with Crippen molar-refractivity contribution in [1.29, 1.82) is 0 Å². The van der Waals surface area contributed by atoms with Crippen LogP contribution < -0.4 is 5.32 Å². The van der Waals surface area contributed by atoms with E-state index in [-0.39, 0.29) is 30.9 Å². The van der Waals surface area contributed by atoms with Crippen LogP contribution in [0.4, 0.5) is 0 Å². The quantitative estimate of drug-likeness (QED) is 0.724. The SMILES string of the molecule is CS(=O)(=O)N1CCO[C@@H](CNC(=O)c2ncc[nH]2)C1. The van der Waals surface area contributed by atoms with Crippen LogP contribution in [-0.4, -0.2) is 67.2 Å². The van der Waals surface area contributed by atoms with Crippen LogP contribution in [-0.2, 0) is 14.8 Å². The van der Waals surface area contributed by atoms with Crippen LogP contribution >= 0.6 is 0 Å². The Morgan fingerprint density at radius 1 is 1.68 bits per heavy atom. The molecule has 0 bridgehead atoms. The lowest BCUT2D eigenvalue weighted by Crippen LogP contribution is -2.49. The monoisotopic (exact) mass is 288 g/mol. The first kappa shape index (κ1) is 14.0. The van der Waals surface area contributed by atoms with Gasteiger partial charge in [-0.15, -0.1) is 0 Å². The van der Waals surface area contributed by atoms with Crippen LogP contribution in [0.2, 0.25) is 0 Å². The van der Waals surface area contributed by atoms with E-state index in [4.69, 9.17) is 4.74 Å². The standard InChI is InChI=1S/C10H16N4O4S/c1-19(16,17)14-4-5-18-8(7-14)6-13-10(15)9-11-2-3-12-9/h2-3,8H,4-7H2,1H3,(H,11,12)(H,13,15)/t8-/m0/s1. The Morgan fingerprint density at radius 2 is 2.47 bits per heavy atom. The van der Waals surface area contributed by atoms with Gasteiger partial charge in [-0.3, -0.25) is 4.79 Å². The topological polar surface area (TPSA) is 104 Å². The maximum Gasteiger partial charge on any atom is 0.287 e. The zero-order chi connectivity index (χ0) is 13.9. The van der Waals surface area contributed by atoms with E-state index in [1.165, 1.54) is 10.5 Å². The van der Waals surface area contributed by atoms with Gasteiger partial charge < -0.3 is 15.0 Å². The largest absolute Gasteiger partial charge is 0.374 e. The van der Waals surface area contributed by atoms with Gasteiger partial charge in [-0.25, -0.2) is 13.4 Å². The Kier molecular flexibility index (Phi) is 4.17. The van der Waals surface area contributed by atoms with Crippen molar-refractivity contribution in [2.24, 2.45) is 0 Å². The number of hydrogen-bond acceptors (Lipinski definition) is 5. The second-order valence-corrected chi connectivity index (χ2v) is 6.24. The van der Waals surface area contributed by atoms with E-state index in [0.29, 0.717) is 13.2 Å². The molecule has 2 heterocycles. The molecule has 0 aliphatic carbocycles. The number of amides is 1. The maximum absolute atomic E-state index is 11.6. The lowest BCUT2D eigenvalue weighted by molar-refractivity contribution is 0.000388. The molecule has 106 valence electrons. The maximum atomic E-state index is 11.6. The van der Waals surface area contributed by atoms with Crippen molar-refractivity contribution < 1.29 is 17.9 Å². The van der Waals surface area contributed by atoms with Crippen molar-refractivity contribution in [3.63, 3.8) is 0 Å². The summed E-state index contributed by atoms with van der Waals surface area (Å²) < 4.78 is 29.6. The number of morpholine rings is 1. The molecule has 1 aromatic rings. The molecule has 0 unspecified atom stereocenters. The number of carbonyl (C=O) groups excluding carboxylic acids is 1. The van der Waals surface area contributed by atoms with E-state index in [0.717, 1.165) is 6.26 Å². The van der Waals surface area contributed by atoms with Gasteiger partial charge >= 0.3 is 0 Å². The average molecular weight is 288 g/mol. The molecule has 9 heteroatoms. The predicted molar refractivity (Wildman–Crippen MR) is 67.1 cm³/mol. The van der Waals surface area contributed by atoms with Crippen LogP contribution in [0.25, 0.3) is 0 Å². The number of nitrogens with zero attached hydrogens (tertiary/aromatic N) is 2. The molecule has 0 saturated carbocycles. The van der Waals surface area contributed by atoms with Crippen molar-refractivity contribution >= 4 is 15.9 Å². The average Bonchev–Trinajstić information content (AvgIpc) is 2.89. The van der Waals surface area contributed by atoms with E-state index in [9.17, 15) is 13.2 Å². The van der Waals surface area contributed by atoms with Crippen LogP contribution in [0.1, 0.15) is 10.6 Å². The number of sulfonamides is 1. The Balaban J connectivity index is 1.85. The van der Waals surface area contributed by atoms with Gasteiger partial charge in [0, 0.05) is 32.0 Å². The van der Waals surface area contributed by atoms with Crippen molar-refractivity contribution in [2.75, 3.05) is 32.5 Å². The van der Waals surface area contributed by atoms with E-state index >= 15 is 0 Å². The molecule has 1 amide bonds. The zero-order valence-electron chi connectivity index (χ0n) is 10.5. The van der Waals surface area contributed by atoms with Gasteiger partial charge in [0.25, 0.3) is 5.91 Å². The summed E-state index contributed by atoms with van der Waals surface area (Å²) in [5.41, 5.74) is 0. The first-order valence-electron chi connectivity index (χ1n) is 5.81. The van der Waals surface area contributed by atoms with Crippen molar-refractivity contribution in [2.45, 2.75) is 6.10 Å². The minimum atomic E-state index is -3.22. The highest BCUT2D eigenvalue weighted by atomic mass is 32.2. The molecule has 0 radical (unpaired) electrons. The number of imidazole rings is 1. The van der Waals surface area contributed by atoms with Crippen LogP contribution in [0.3, 0.4) is 0 Å². The number of rotatable bonds is 4. The van der Waals surface area contributed by atoms with Gasteiger partial charge in [0.15, 0.2) is 5.82 Å². The van der Waals surface area contributed by atoms with Crippen LogP contribution in [0.15, 0.2) is 12.4 Å². The molecule has 1 aliphatic rings. The summed E-state index contributed by atoms with van der Waals surface area (Å²) in [6.45, 7) is 1.17. The fourth-order valence-electron chi connectivity index (χ4n) is 1.80. The third-order valence-corrected chi connectivity index (χ3v) is 4.04. The number of ether oxygens (including phenoxy) is 1. The molecule has 1 fully saturated rings. The van der Waals surface area contributed by atoms with Crippen LogP contribution in [0.5, 0.6) is 0 Å². The fourth-order valence-corrected chi connectivity index (χ4v) is 2.64. The van der Waals surface area contributed by atoms with E-state index in [1.807, 2.05) is 0 Å². The molecule has 0 aromatic carbocycles. The summed E-state index contributed by atoms with van der Waals surface area (Å²) in [6, 6.07) is 0. The predicted octanol–water partition coefficient (Wildman–Crippen LogP) is -1.20. The summed E-state index contributed by atoms with van der Waals surface area (Å²) in [5, 5.41) is 2.65. The lowest BCUT2D eigenvalue weighted by Gasteiger charge is -2.31. The third kappa shape index (κ3) is 3.75. The van der Waals surface area contributed by atoms with E-state index < -0.39 is 10.0 Å². The van der Waals surface area contributed by atoms with Gasteiger partial charge in [-0.2, -0.15) is 4.31 Å². The minimum absolute atomic E-state index is 0.218. The lowest BCUT2D eigenvalue weighted by atomic mass is 10.3. The van der Waals surface area contributed by atoms with Gasteiger partial charge in [-0.05, 0) is 0 Å². The molecular weight excluding hydrogens is 272 g/mol. The van der Waals surface area contributed by atoms with Gasteiger partial charge in [0.1, 0.15) is 0 Å². The second-order valence-electron chi connectivity index (χ2n) is 4.26. The number of aromatic nitrogens is 2. The highest BCUT2D eigenvalue weighted by Crippen LogP contribution is 2.08. The molecule has 0 spiro atoms. The molecular formula is C10H16N4O4S. The summed E-state index contributed by atoms with van der Waals surface area (Å²) in [7, 11) is -3.22. The van der Waals surface area contributed by atoms with E-state index in [1.54, 1.807) is 6.20 Å². The zero-order valence-corrected chi connectivity index (χ0v) is 11.3. The minimum Gasteiger partial charge on any atom is -0.374 e. The van der Waals surface area contributed by atoms with Crippen molar-refractivity contribution in [3.05, 3.63) is 18.2 Å². The summed E-state index contributed by atoms with van der Waals surface area (Å²) in [5.74, 6) is -0.124. The molecule has 8 nitrogen and oxygen atoms in total. The van der Waals surface area contributed by atoms with Gasteiger partial charge in [0.05, 0.1) is 19.0 Å². The van der Waals surface area contributed by atoms with Crippen LogP contribution in [0, 0.1) is 0 Å². The van der Waals surface area contributed by atoms with E-state index in [2.05, 4.69) is 15.3 Å². The van der Waals surface area contributed by atoms with Gasteiger partial charge in [0.2, 0.25) is 10.0 Å². The highest BCUT2D eigenvalue weighted by Gasteiger charge is 2.26. The number of carbonyl (C=O) groups is 1. The highest BCUT2D eigenvalue weighted by molar-refractivity contribution is 7.88. The fraction of sp³-hybridized carbons (Fsp3) is 0.600. The van der Waals surface area contributed by atoms with Crippen molar-refractivity contribution in [3.8, 4) is 0 Å². The molecule has 1 aliphatic heterocycles. The Morgan fingerprint density at radius 3 is 3.11 bits per heavy atom. The molecule has 19 heavy (non-hydrogen) atoms. The Labute approximate surface area is 111 Å². The third-order valence-electron chi connectivity index (χ3n) is 2.77. The number of nitrogens with one attached hydrogen (secondary N) is 2. The summed E-state index contributed by atoms with van der Waals surface area (Å²) >= 11 is 0. The van der Waals surface area contributed by atoms with Gasteiger partial charge in [-0.1, -0.05) is 0 Å². The number of aromatic amines is 1. The molecule has 1 aromatic heterocycles. The summed E-state index contributed by atoms with van der Waals surface area (Å²) in [4.78, 5) is 18.1. The number of H-pyrrole nitrogens is 1. The second kappa shape index (κ2) is 5.68. The molecule has 1 atom stereocenters. The first-order valence-corrected chi connectivity index (χ1v) is 7.66. The molecule has 2 rings (SSSR count). The number of hydrogen-bond donors (Lipinski definition) is 2. The smallest absolute Gasteiger partial charge is 0.287 e. The Hall–Kier alpha value is -1.45.